The average molecular weight is 397 g/mol. The summed E-state index contributed by atoms with van der Waals surface area (Å²) in [7, 11) is 0. The Kier molecular flexibility index (Phi) is 5.33. The predicted molar refractivity (Wildman–Crippen MR) is 107 cm³/mol. The van der Waals surface area contributed by atoms with Gasteiger partial charge in [-0.05, 0) is 36.2 Å². The molecule has 5 heteroatoms. The highest BCUT2D eigenvalue weighted by Gasteiger charge is 2.42. The lowest BCUT2D eigenvalue weighted by Crippen LogP contribution is -2.62. The molecule has 0 N–H and O–H groups in total. The van der Waals surface area contributed by atoms with Gasteiger partial charge in [0.1, 0.15) is 11.9 Å². The molecule has 1 fully saturated rings. The van der Waals surface area contributed by atoms with Crippen molar-refractivity contribution in [1.82, 2.24) is 4.90 Å². The average Bonchev–Trinajstić information content (AvgIpc) is 2.74. The Balaban J connectivity index is 1.52. The van der Waals surface area contributed by atoms with Crippen LogP contribution in [0, 0.1) is 0 Å². The number of hydrogen-bond donors (Lipinski definition) is 0. The first-order valence-corrected chi connectivity index (χ1v) is 9.63. The fraction of sp³-hybridized carbons (Fsp3) is 0.250. The van der Waals surface area contributed by atoms with Gasteiger partial charge in [0.2, 0.25) is 0 Å². The zero-order valence-electron chi connectivity index (χ0n) is 16.0. The largest absolute Gasteiger partial charge is 0.487 e. The lowest BCUT2D eigenvalue weighted by Gasteiger charge is -2.50. The molecule has 2 atom stereocenters. The fourth-order valence-electron chi connectivity index (χ4n) is 3.85. The van der Waals surface area contributed by atoms with Gasteiger partial charge in [0.25, 0.3) is 0 Å². The van der Waals surface area contributed by atoms with E-state index in [4.69, 9.17) is 4.74 Å². The summed E-state index contributed by atoms with van der Waals surface area (Å²) in [5, 5.41) is 0. The van der Waals surface area contributed by atoms with E-state index in [0.717, 1.165) is 12.1 Å². The summed E-state index contributed by atoms with van der Waals surface area (Å²) in [5.41, 5.74) is 1.68. The molecule has 1 heterocycles. The molecule has 0 bridgehead atoms. The molecule has 0 spiro atoms. The predicted octanol–water partition coefficient (Wildman–Crippen LogP) is 5.95. The Morgan fingerprint density at radius 2 is 1.45 bits per heavy atom. The van der Waals surface area contributed by atoms with Crippen molar-refractivity contribution in [2.45, 2.75) is 31.3 Å². The molecule has 3 aromatic rings. The van der Waals surface area contributed by atoms with E-state index >= 15 is 0 Å². The minimum atomic E-state index is -4.37. The van der Waals surface area contributed by atoms with E-state index in [-0.39, 0.29) is 23.9 Å². The molecule has 4 rings (SSSR count). The number of hydrogen-bond acceptors (Lipinski definition) is 2. The van der Waals surface area contributed by atoms with Gasteiger partial charge in [-0.2, -0.15) is 13.2 Å². The highest BCUT2D eigenvalue weighted by Crippen LogP contribution is 2.38. The second kappa shape index (κ2) is 7.91. The first-order valence-electron chi connectivity index (χ1n) is 9.63. The van der Waals surface area contributed by atoms with Crippen molar-refractivity contribution < 1.29 is 17.9 Å². The van der Waals surface area contributed by atoms with Crippen molar-refractivity contribution in [1.29, 1.82) is 0 Å². The smallest absolute Gasteiger partial charge is 0.416 e. The van der Waals surface area contributed by atoms with Crippen molar-refractivity contribution in [3.63, 3.8) is 0 Å². The summed E-state index contributed by atoms with van der Waals surface area (Å²) >= 11 is 0. The minimum Gasteiger partial charge on any atom is -0.487 e. The summed E-state index contributed by atoms with van der Waals surface area (Å²) < 4.78 is 44.8. The second-order valence-corrected chi connectivity index (χ2v) is 7.34. The van der Waals surface area contributed by atoms with Gasteiger partial charge < -0.3 is 4.74 Å². The molecule has 1 saturated heterocycles. The maximum atomic E-state index is 13.0. The summed E-state index contributed by atoms with van der Waals surface area (Å²) in [6.45, 7) is 2.70. The van der Waals surface area contributed by atoms with Crippen molar-refractivity contribution in [2.24, 2.45) is 0 Å². The van der Waals surface area contributed by atoms with Gasteiger partial charge in [0.05, 0.1) is 11.6 Å². The maximum absolute atomic E-state index is 13.0. The summed E-state index contributed by atoms with van der Waals surface area (Å²) in [5.74, 6) is 0.257. The quantitative estimate of drug-likeness (QED) is 0.528. The van der Waals surface area contributed by atoms with Gasteiger partial charge in [-0.1, -0.05) is 66.7 Å². The van der Waals surface area contributed by atoms with Crippen LogP contribution in [-0.2, 0) is 6.18 Å². The number of ether oxygens (including phenoxy) is 1. The molecule has 29 heavy (non-hydrogen) atoms. The van der Waals surface area contributed by atoms with E-state index in [0.29, 0.717) is 6.54 Å². The van der Waals surface area contributed by atoms with E-state index in [1.807, 2.05) is 36.4 Å². The topological polar surface area (TPSA) is 12.5 Å². The van der Waals surface area contributed by atoms with E-state index in [1.54, 1.807) is 6.07 Å². The van der Waals surface area contributed by atoms with Gasteiger partial charge in [-0.3, -0.25) is 4.90 Å². The third kappa shape index (κ3) is 4.15. The molecule has 0 aromatic heterocycles. The molecule has 0 aliphatic carbocycles. The summed E-state index contributed by atoms with van der Waals surface area (Å²) in [6, 6.07) is 25.7. The van der Waals surface area contributed by atoms with Crippen LogP contribution in [0.4, 0.5) is 13.2 Å². The Labute approximate surface area is 168 Å². The van der Waals surface area contributed by atoms with E-state index in [1.165, 1.54) is 17.2 Å². The van der Waals surface area contributed by atoms with Crippen LogP contribution in [0.15, 0.2) is 84.9 Å². The normalized spacial score (nSPS) is 19.8. The van der Waals surface area contributed by atoms with Crippen LogP contribution in [0.2, 0.25) is 0 Å². The van der Waals surface area contributed by atoms with Gasteiger partial charge in [0, 0.05) is 12.6 Å². The Morgan fingerprint density at radius 1 is 0.862 bits per heavy atom. The molecule has 2 nitrogen and oxygen atoms in total. The van der Waals surface area contributed by atoms with Crippen LogP contribution in [0.25, 0.3) is 0 Å². The Hall–Kier alpha value is -2.79. The number of benzene rings is 3. The van der Waals surface area contributed by atoms with Gasteiger partial charge >= 0.3 is 6.18 Å². The zero-order valence-corrected chi connectivity index (χ0v) is 16.0. The van der Waals surface area contributed by atoms with Crippen molar-refractivity contribution >= 4 is 0 Å². The first kappa shape index (κ1) is 19.5. The van der Waals surface area contributed by atoms with Gasteiger partial charge in [0.15, 0.2) is 0 Å². The molecule has 0 unspecified atom stereocenters. The molecular weight excluding hydrogens is 375 g/mol. The Morgan fingerprint density at radius 3 is 1.97 bits per heavy atom. The number of likely N-dealkylation sites (tertiary alicyclic amines) is 1. The van der Waals surface area contributed by atoms with Crippen LogP contribution in [0.5, 0.6) is 5.75 Å². The zero-order chi connectivity index (χ0) is 20.4. The van der Waals surface area contributed by atoms with Crippen molar-refractivity contribution in [3.8, 4) is 5.75 Å². The van der Waals surface area contributed by atoms with Crippen molar-refractivity contribution in [3.05, 3.63) is 102 Å². The molecule has 1 aliphatic rings. The van der Waals surface area contributed by atoms with Crippen LogP contribution in [-0.4, -0.2) is 23.6 Å². The molecule has 0 amide bonds. The molecule has 3 aromatic carbocycles. The second-order valence-electron chi connectivity index (χ2n) is 7.34. The third-order valence-electron chi connectivity index (χ3n) is 5.46. The number of halogens is 3. The highest BCUT2D eigenvalue weighted by atomic mass is 19.4. The lowest BCUT2D eigenvalue weighted by atomic mass is 9.89. The van der Waals surface area contributed by atoms with Crippen LogP contribution in [0.1, 0.15) is 29.7 Å². The SMILES string of the molecule is C[C@@H]1[C@H](Oc2cccc(C(F)(F)F)c2)CN1C(c1ccccc1)c1ccccc1. The van der Waals surface area contributed by atoms with Gasteiger partial charge in [-0.15, -0.1) is 0 Å². The standard InChI is InChI=1S/C24H22F3NO/c1-17-22(29-21-14-8-13-20(15-21)24(25,26)27)16-28(17)23(18-9-4-2-5-10-18)19-11-6-3-7-12-19/h2-15,17,22-23H,16H2,1H3/t17-,22-/m1/s1. The van der Waals surface area contributed by atoms with Crippen LogP contribution >= 0.6 is 0 Å². The Bertz CT molecular complexity index is 904. The molecule has 1 aliphatic heterocycles. The first-order chi connectivity index (χ1) is 13.9. The van der Waals surface area contributed by atoms with Crippen LogP contribution < -0.4 is 4.74 Å². The summed E-state index contributed by atoms with van der Waals surface area (Å²) in [4.78, 5) is 2.32. The minimum absolute atomic E-state index is 0.0648. The molecular formula is C24H22F3NO. The third-order valence-corrected chi connectivity index (χ3v) is 5.46. The molecule has 0 radical (unpaired) electrons. The monoisotopic (exact) mass is 397 g/mol. The van der Waals surface area contributed by atoms with Crippen LogP contribution in [0.3, 0.4) is 0 Å². The molecule has 0 saturated carbocycles. The summed E-state index contributed by atoms with van der Waals surface area (Å²) in [6.07, 6.45) is -4.53. The fourth-order valence-corrected chi connectivity index (χ4v) is 3.85. The van der Waals surface area contributed by atoms with Crippen molar-refractivity contribution in [2.75, 3.05) is 6.54 Å². The number of nitrogens with zero attached hydrogens (tertiary/aromatic N) is 1. The van der Waals surface area contributed by atoms with Gasteiger partial charge in [-0.25, -0.2) is 0 Å². The maximum Gasteiger partial charge on any atom is 0.416 e. The number of rotatable bonds is 5. The van der Waals surface area contributed by atoms with E-state index < -0.39 is 11.7 Å². The van der Waals surface area contributed by atoms with E-state index in [9.17, 15) is 13.2 Å². The lowest BCUT2D eigenvalue weighted by molar-refractivity contribution is -0.137. The number of alkyl halides is 3. The highest BCUT2D eigenvalue weighted by molar-refractivity contribution is 5.34. The van der Waals surface area contributed by atoms with E-state index in [2.05, 4.69) is 36.1 Å². The molecule has 150 valence electrons.